The fraction of sp³-hybridized carbons (Fsp3) is 0.522. The number of carbonyl (C=O) groups excluding carboxylic acids is 1. The van der Waals surface area contributed by atoms with Gasteiger partial charge in [-0.2, -0.15) is 0 Å². The lowest BCUT2D eigenvalue weighted by Gasteiger charge is -2.17. The largest absolute Gasteiger partial charge is 0.459 e. The standard InChI is InChI=1S/C23H35NO2/c1-3-5-7-9-11-13-17-20(16-12-10-8-6-4-2)26-23(25)21-18-14-15-19-22(21)24/h8-11,14-15,18-20H,3-7,12-13,16-17,24H2,1-2H3. The second kappa shape index (κ2) is 14.2. The Kier molecular flexibility index (Phi) is 12.0. The van der Waals surface area contributed by atoms with E-state index in [9.17, 15) is 4.79 Å². The lowest BCUT2D eigenvalue weighted by Crippen LogP contribution is -2.19. The molecule has 1 aromatic carbocycles. The molecule has 3 heteroatoms. The topological polar surface area (TPSA) is 52.3 Å². The van der Waals surface area contributed by atoms with Crippen LogP contribution in [0.4, 0.5) is 5.69 Å². The van der Waals surface area contributed by atoms with E-state index in [1.165, 1.54) is 12.8 Å². The van der Waals surface area contributed by atoms with Crippen LogP contribution in [-0.4, -0.2) is 12.1 Å². The fourth-order valence-electron chi connectivity index (χ4n) is 2.68. The third-order valence-corrected chi connectivity index (χ3v) is 4.28. The molecule has 1 rings (SSSR count). The summed E-state index contributed by atoms with van der Waals surface area (Å²) in [4.78, 5) is 12.4. The molecule has 1 atom stereocenters. The number of anilines is 1. The minimum absolute atomic E-state index is 0.0794. The van der Waals surface area contributed by atoms with E-state index >= 15 is 0 Å². The van der Waals surface area contributed by atoms with E-state index in [1.807, 2.05) is 12.1 Å². The second-order valence-electron chi connectivity index (χ2n) is 6.64. The van der Waals surface area contributed by atoms with Crippen LogP contribution in [0.1, 0.15) is 82.0 Å². The second-order valence-corrected chi connectivity index (χ2v) is 6.64. The van der Waals surface area contributed by atoms with Crippen molar-refractivity contribution in [1.82, 2.24) is 0 Å². The van der Waals surface area contributed by atoms with Crippen LogP contribution in [0.15, 0.2) is 48.6 Å². The van der Waals surface area contributed by atoms with E-state index in [1.54, 1.807) is 12.1 Å². The smallest absolute Gasteiger partial charge is 0.340 e. The first-order valence-electron chi connectivity index (χ1n) is 10.0. The molecule has 2 N–H and O–H groups in total. The zero-order chi connectivity index (χ0) is 19.0. The first-order chi connectivity index (χ1) is 12.7. The summed E-state index contributed by atoms with van der Waals surface area (Å²) in [7, 11) is 0. The van der Waals surface area contributed by atoms with Gasteiger partial charge in [-0.1, -0.05) is 69.5 Å². The van der Waals surface area contributed by atoms with Gasteiger partial charge < -0.3 is 10.5 Å². The molecule has 0 heterocycles. The van der Waals surface area contributed by atoms with E-state index in [-0.39, 0.29) is 12.1 Å². The van der Waals surface area contributed by atoms with Crippen LogP contribution in [-0.2, 0) is 4.74 Å². The third kappa shape index (κ3) is 9.45. The van der Waals surface area contributed by atoms with E-state index < -0.39 is 0 Å². The number of allylic oxidation sites excluding steroid dienone is 4. The summed E-state index contributed by atoms with van der Waals surface area (Å²) in [5, 5.41) is 0. The molecule has 26 heavy (non-hydrogen) atoms. The molecule has 3 nitrogen and oxygen atoms in total. The molecule has 0 aliphatic carbocycles. The molecule has 0 aromatic heterocycles. The van der Waals surface area contributed by atoms with E-state index in [4.69, 9.17) is 10.5 Å². The zero-order valence-electron chi connectivity index (χ0n) is 16.5. The van der Waals surface area contributed by atoms with Gasteiger partial charge in [-0.25, -0.2) is 4.79 Å². The number of nitrogen functional groups attached to an aromatic ring is 1. The Bertz CT molecular complexity index is 563. The van der Waals surface area contributed by atoms with Gasteiger partial charge in [-0.3, -0.25) is 0 Å². The van der Waals surface area contributed by atoms with Crippen LogP contribution in [0.25, 0.3) is 0 Å². The van der Waals surface area contributed by atoms with Gasteiger partial charge in [0.15, 0.2) is 0 Å². The number of benzene rings is 1. The summed E-state index contributed by atoms with van der Waals surface area (Å²) in [5.41, 5.74) is 6.82. The molecule has 0 amide bonds. The Labute approximate surface area is 159 Å². The molecule has 0 saturated carbocycles. The number of nitrogens with two attached hydrogens (primary N) is 1. The Morgan fingerprint density at radius 2 is 1.58 bits per heavy atom. The monoisotopic (exact) mass is 357 g/mol. The van der Waals surface area contributed by atoms with Gasteiger partial charge in [-0.05, 0) is 50.7 Å². The molecular weight excluding hydrogens is 322 g/mol. The lowest BCUT2D eigenvalue weighted by atomic mass is 10.1. The summed E-state index contributed by atoms with van der Waals surface area (Å²) in [6.07, 6.45) is 18.2. The summed E-state index contributed by atoms with van der Waals surface area (Å²) < 4.78 is 5.76. The molecular formula is C23H35NO2. The molecule has 0 spiro atoms. The summed E-state index contributed by atoms with van der Waals surface area (Å²) in [6, 6.07) is 7.09. The quantitative estimate of drug-likeness (QED) is 0.191. The minimum atomic E-state index is -0.319. The molecule has 0 aliphatic rings. The van der Waals surface area contributed by atoms with E-state index in [0.29, 0.717) is 11.3 Å². The maximum Gasteiger partial charge on any atom is 0.340 e. The van der Waals surface area contributed by atoms with Crippen molar-refractivity contribution in [2.45, 2.75) is 77.7 Å². The highest BCUT2D eigenvalue weighted by molar-refractivity contribution is 5.95. The number of hydrogen-bond donors (Lipinski definition) is 1. The number of para-hydroxylation sites is 1. The average molecular weight is 358 g/mol. The van der Waals surface area contributed by atoms with Crippen LogP contribution in [0.3, 0.4) is 0 Å². The van der Waals surface area contributed by atoms with Crippen molar-refractivity contribution in [2.24, 2.45) is 0 Å². The number of unbranched alkanes of at least 4 members (excludes halogenated alkanes) is 3. The Hall–Kier alpha value is -2.03. The van der Waals surface area contributed by atoms with Crippen molar-refractivity contribution in [3.63, 3.8) is 0 Å². The van der Waals surface area contributed by atoms with Gasteiger partial charge in [0.2, 0.25) is 0 Å². The highest BCUT2D eigenvalue weighted by Crippen LogP contribution is 2.17. The molecule has 1 aromatic rings. The van der Waals surface area contributed by atoms with Crippen LogP contribution in [0.5, 0.6) is 0 Å². The minimum Gasteiger partial charge on any atom is -0.459 e. The van der Waals surface area contributed by atoms with Gasteiger partial charge >= 0.3 is 5.97 Å². The number of hydrogen-bond acceptors (Lipinski definition) is 3. The first-order valence-corrected chi connectivity index (χ1v) is 10.0. The van der Waals surface area contributed by atoms with Gasteiger partial charge in [0.1, 0.15) is 6.10 Å². The Balaban J connectivity index is 2.56. The van der Waals surface area contributed by atoms with Crippen LogP contribution < -0.4 is 5.73 Å². The van der Waals surface area contributed by atoms with Crippen molar-refractivity contribution >= 4 is 11.7 Å². The van der Waals surface area contributed by atoms with Crippen LogP contribution >= 0.6 is 0 Å². The molecule has 0 radical (unpaired) electrons. The van der Waals surface area contributed by atoms with Crippen molar-refractivity contribution in [2.75, 3.05) is 5.73 Å². The van der Waals surface area contributed by atoms with Crippen molar-refractivity contribution < 1.29 is 9.53 Å². The first kappa shape index (κ1) is 22.0. The van der Waals surface area contributed by atoms with Crippen molar-refractivity contribution in [3.05, 3.63) is 54.1 Å². The maximum absolute atomic E-state index is 12.4. The summed E-state index contributed by atoms with van der Waals surface area (Å²) in [6.45, 7) is 4.37. The van der Waals surface area contributed by atoms with E-state index in [0.717, 1.165) is 44.9 Å². The molecule has 144 valence electrons. The Morgan fingerprint density at radius 1 is 0.962 bits per heavy atom. The highest BCUT2D eigenvalue weighted by Gasteiger charge is 2.16. The third-order valence-electron chi connectivity index (χ3n) is 4.28. The predicted molar refractivity (Wildman–Crippen MR) is 111 cm³/mol. The van der Waals surface area contributed by atoms with Crippen molar-refractivity contribution in [3.8, 4) is 0 Å². The number of ether oxygens (including phenoxy) is 1. The summed E-state index contributed by atoms with van der Waals surface area (Å²) >= 11 is 0. The van der Waals surface area contributed by atoms with Crippen molar-refractivity contribution in [1.29, 1.82) is 0 Å². The lowest BCUT2D eigenvalue weighted by molar-refractivity contribution is 0.0267. The van der Waals surface area contributed by atoms with Gasteiger partial charge in [0.25, 0.3) is 0 Å². The molecule has 0 aliphatic heterocycles. The Morgan fingerprint density at radius 3 is 2.19 bits per heavy atom. The number of rotatable bonds is 13. The molecule has 1 unspecified atom stereocenters. The van der Waals surface area contributed by atoms with E-state index in [2.05, 4.69) is 38.2 Å². The maximum atomic E-state index is 12.4. The molecule has 0 saturated heterocycles. The van der Waals surface area contributed by atoms with Crippen LogP contribution in [0, 0.1) is 0 Å². The normalized spacial score (nSPS) is 12.7. The highest BCUT2D eigenvalue weighted by atomic mass is 16.5. The average Bonchev–Trinajstić information content (AvgIpc) is 2.64. The van der Waals surface area contributed by atoms with Crippen LogP contribution in [0.2, 0.25) is 0 Å². The van der Waals surface area contributed by atoms with Gasteiger partial charge in [0, 0.05) is 5.69 Å². The van der Waals surface area contributed by atoms with Gasteiger partial charge in [0.05, 0.1) is 5.56 Å². The molecule has 0 bridgehead atoms. The van der Waals surface area contributed by atoms with Gasteiger partial charge in [-0.15, -0.1) is 0 Å². The zero-order valence-corrected chi connectivity index (χ0v) is 16.5. The fourth-order valence-corrected chi connectivity index (χ4v) is 2.68. The SMILES string of the molecule is CCCC=CCCC(CCC=CCCCC)OC(=O)c1ccccc1N. The molecule has 0 fully saturated rings. The number of carbonyl (C=O) groups is 1. The predicted octanol–water partition coefficient (Wildman–Crippen LogP) is 6.46. The number of esters is 1. The summed E-state index contributed by atoms with van der Waals surface area (Å²) in [5.74, 6) is -0.319.